The van der Waals surface area contributed by atoms with Crippen LogP contribution in [0.15, 0.2) is 59.4 Å². The number of H-pyrrole nitrogens is 1. The second-order valence-electron chi connectivity index (χ2n) is 7.56. The summed E-state index contributed by atoms with van der Waals surface area (Å²) in [6.07, 6.45) is 3.76. The van der Waals surface area contributed by atoms with E-state index in [4.69, 9.17) is 4.74 Å². The van der Waals surface area contributed by atoms with Gasteiger partial charge in [0.1, 0.15) is 0 Å². The number of hydrogen-bond donors (Lipinski definition) is 2. The Kier molecular flexibility index (Phi) is 6.05. The number of carbonyl (C=O) groups excluding carboxylic acids is 1. The summed E-state index contributed by atoms with van der Waals surface area (Å²) < 4.78 is 5.41. The number of nitrogens with one attached hydrogen (secondary N) is 2. The number of methoxy groups -OCH3 is 1. The third-order valence-electron chi connectivity index (χ3n) is 5.52. The van der Waals surface area contributed by atoms with Crippen LogP contribution in [0.25, 0.3) is 0 Å². The molecule has 0 unspecified atom stereocenters. The molecule has 0 saturated carbocycles. The van der Waals surface area contributed by atoms with Gasteiger partial charge in [0.25, 0.3) is 11.5 Å². The number of aromatic nitrogens is 2. The molecule has 154 valence electrons. The van der Waals surface area contributed by atoms with Crippen molar-refractivity contribution in [2.75, 3.05) is 12.4 Å². The van der Waals surface area contributed by atoms with Crippen molar-refractivity contribution in [3.63, 3.8) is 0 Å². The predicted octanol–water partition coefficient (Wildman–Crippen LogP) is 3.57. The van der Waals surface area contributed by atoms with Gasteiger partial charge in [-0.25, -0.2) is 5.10 Å². The molecule has 2 N–H and O–H groups in total. The highest BCUT2D eigenvalue weighted by Gasteiger charge is 2.21. The maximum Gasteiger partial charge on any atom is 0.267 e. The summed E-state index contributed by atoms with van der Waals surface area (Å²) in [5, 5.41) is 9.90. The quantitative estimate of drug-likeness (QED) is 0.659. The van der Waals surface area contributed by atoms with E-state index in [1.807, 2.05) is 54.6 Å². The van der Waals surface area contributed by atoms with Crippen LogP contribution in [-0.2, 0) is 28.8 Å². The third kappa shape index (κ3) is 4.33. The van der Waals surface area contributed by atoms with E-state index < -0.39 is 6.10 Å². The van der Waals surface area contributed by atoms with Gasteiger partial charge in [0.15, 0.2) is 6.10 Å². The van der Waals surface area contributed by atoms with Crippen LogP contribution in [0.4, 0.5) is 5.69 Å². The van der Waals surface area contributed by atoms with E-state index in [9.17, 15) is 9.59 Å². The summed E-state index contributed by atoms with van der Waals surface area (Å²) >= 11 is 0. The molecule has 1 amide bonds. The molecule has 1 aliphatic rings. The lowest BCUT2D eigenvalue weighted by molar-refractivity contribution is -0.126. The van der Waals surface area contributed by atoms with E-state index in [0.29, 0.717) is 12.1 Å². The Balaban J connectivity index is 1.52. The average molecular weight is 403 g/mol. The summed E-state index contributed by atoms with van der Waals surface area (Å²) in [6, 6.07) is 17.1. The van der Waals surface area contributed by atoms with E-state index in [1.165, 1.54) is 7.11 Å². The second-order valence-corrected chi connectivity index (χ2v) is 7.56. The fourth-order valence-electron chi connectivity index (χ4n) is 4.06. The van der Waals surface area contributed by atoms with Crippen LogP contribution in [-0.4, -0.2) is 23.2 Å². The van der Waals surface area contributed by atoms with Crippen molar-refractivity contribution in [1.29, 1.82) is 0 Å². The van der Waals surface area contributed by atoms with E-state index in [-0.39, 0.29) is 11.5 Å². The number of anilines is 1. The van der Waals surface area contributed by atoms with Gasteiger partial charge < -0.3 is 10.1 Å². The monoisotopic (exact) mass is 403 g/mol. The molecule has 0 spiro atoms. The van der Waals surface area contributed by atoms with Crippen molar-refractivity contribution in [3.05, 3.63) is 92.9 Å². The van der Waals surface area contributed by atoms with Gasteiger partial charge >= 0.3 is 0 Å². The Morgan fingerprint density at radius 2 is 1.87 bits per heavy atom. The van der Waals surface area contributed by atoms with Gasteiger partial charge in [0.05, 0.1) is 5.69 Å². The molecular weight excluding hydrogens is 378 g/mol. The third-order valence-corrected chi connectivity index (χ3v) is 5.52. The number of amides is 1. The molecule has 0 bridgehead atoms. The van der Waals surface area contributed by atoms with Gasteiger partial charge in [-0.15, -0.1) is 0 Å². The zero-order chi connectivity index (χ0) is 20.9. The highest BCUT2D eigenvalue weighted by Crippen LogP contribution is 2.24. The van der Waals surface area contributed by atoms with Gasteiger partial charge in [-0.1, -0.05) is 42.5 Å². The Labute approximate surface area is 175 Å². The molecule has 1 heterocycles. The topological polar surface area (TPSA) is 84.1 Å². The first-order valence-electron chi connectivity index (χ1n) is 10.2. The predicted molar refractivity (Wildman–Crippen MR) is 116 cm³/mol. The van der Waals surface area contributed by atoms with Crippen LogP contribution in [0.1, 0.15) is 46.9 Å². The summed E-state index contributed by atoms with van der Waals surface area (Å²) in [5.41, 5.74) is 5.33. The lowest BCUT2D eigenvalue weighted by Crippen LogP contribution is -2.23. The van der Waals surface area contributed by atoms with Gasteiger partial charge in [-0.3, -0.25) is 9.59 Å². The molecule has 1 aromatic heterocycles. The standard InChI is InChI=1S/C24H25N3O3/c1-30-22(17-9-3-2-4-10-17)24(29)25-18-11-7-8-16(14-18)15-21-19-12-5-6-13-20(19)23(28)27-26-21/h2-4,7-11,14,22H,5-6,12-13,15H2,1H3,(H,25,29)(H,27,28)/t22-/m0/s1. The van der Waals surface area contributed by atoms with Crippen LogP contribution in [0.5, 0.6) is 0 Å². The maximum atomic E-state index is 12.8. The number of fused-ring (bicyclic) bond motifs is 1. The summed E-state index contributed by atoms with van der Waals surface area (Å²) in [4.78, 5) is 24.8. The van der Waals surface area contributed by atoms with Crippen LogP contribution >= 0.6 is 0 Å². The number of carbonyl (C=O) groups is 1. The number of rotatable bonds is 6. The van der Waals surface area contributed by atoms with Crippen molar-refractivity contribution in [1.82, 2.24) is 10.2 Å². The molecule has 0 aliphatic heterocycles. The Morgan fingerprint density at radius 3 is 2.63 bits per heavy atom. The number of nitrogens with zero attached hydrogens (tertiary/aromatic N) is 1. The molecule has 3 aromatic rings. The van der Waals surface area contributed by atoms with Crippen molar-refractivity contribution < 1.29 is 9.53 Å². The number of benzene rings is 2. The van der Waals surface area contributed by atoms with Gasteiger partial charge in [0.2, 0.25) is 0 Å². The minimum Gasteiger partial charge on any atom is -0.367 e. The number of hydrogen-bond acceptors (Lipinski definition) is 4. The Hall–Kier alpha value is -3.25. The molecular formula is C24H25N3O3. The lowest BCUT2D eigenvalue weighted by atomic mass is 9.90. The first-order valence-corrected chi connectivity index (χ1v) is 10.2. The first kappa shape index (κ1) is 20.0. The summed E-state index contributed by atoms with van der Waals surface area (Å²) in [6.45, 7) is 0. The van der Waals surface area contributed by atoms with Gasteiger partial charge in [-0.2, -0.15) is 5.10 Å². The molecule has 30 heavy (non-hydrogen) atoms. The highest BCUT2D eigenvalue weighted by atomic mass is 16.5. The fourth-order valence-corrected chi connectivity index (χ4v) is 4.06. The van der Waals surface area contributed by atoms with E-state index in [2.05, 4.69) is 15.5 Å². The molecule has 6 heteroatoms. The normalized spacial score (nSPS) is 14.0. The molecule has 2 aromatic carbocycles. The van der Waals surface area contributed by atoms with Crippen LogP contribution in [0.3, 0.4) is 0 Å². The molecule has 6 nitrogen and oxygen atoms in total. The van der Waals surface area contributed by atoms with Crippen molar-refractivity contribution in [2.45, 2.75) is 38.2 Å². The smallest absolute Gasteiger partial charge is 0.267 e. The minimum atomic E-state index is -0.678. The first-order chi connectivity index (χ1) is 14.7. The largest absolute Gasteiger partial charge is 0.367 e. The van der Waals surface area contributed by atoms with Crippen molar-refractivity contribution >= 4 is 11.6 Å². The minimum absolute atomic E-state index is 0.0685. The molecule has 0 saturated heterocycles. The summed E-state index contributed by atoms with van der Waals surface area (Å²) in [7, 11) is 1.53. The molecule has 4 rings (SSSR count). The van der Waals surface area contributed by atoms with Crippen LogP contribution in [0.2, 0.25) is 0 Å². The zero-order valence-corrected chi connectivity index (χ0v) is 17.0. The molecule has 1 atom stereocenters. The average Bonchev–Trinajstić information content (AvgIpc) is 2.77. The second kappa shape index (κ2) is 9.05. The molecule has 1 aliphatic carbocycles. The fraction of sp³-hybridized carbons (Fsp3) is 0.292. The Morgan fingerprint density at radius 1 is 1.10 bits per heavy atom. The van der Waals surface area contributed by atoms with Crippen molar-refractivity contribution in [2.24, 2.45) is 0 Å². The molecule has 0 radical (unpaired) electrons. The van der Waals surface area contributed by atoms with Crippen LogP contribution in [0, 0.1) is 0 Å². The molecule has 0 fully saturated rings. The summed E-state index contributed by atoms with van der Waals surface area (Å²) in [5.74, 6) is -0.222. The zero-order valence-electron chi connectivity index (χ0n) is 17.0. The van der Waals surface area contributed by atoms with E-state index in [0.717, 1.165) is 53.6 Å². The SMILES string of the molecule is CO[C@H](C(=O)Nc1cccc(Cc2n[nH]c(=O)c3c2CCCC3)c1)c1ccccc1. The van der Waals surface area contributed by atoms with Gasteiger partial charge in [0, 0.05) is 24.8 Å². The number of ether oxygens (including phenoxy) is 1. The Bertz CT molecular complexity index is 1090. The van der Waals surface area contributed by atoms with Crippen molar-refractivity contribution in [3.8, 4) is 0 Å². The lowest BCUT2D eigenvalue weighted by Gasteiger charge is -2.18. The maximum absolute atomic E-state index is 12.8. The van der Waals surface area contributed by atoms with E-state index in [1.54, 1.807) is 0 Å². The van der Waals surface area contributed by atoms with Crippen LogP contribution < -0.4 is 10.9 Å². The van der Waals surface area contributed by atoms with E-state index >= 15 is 0 Å². The van der Waals surface area contributed by atoms with Gasteiger partial charge in [-0.05, 0) is 54.5 Å². The number of aromatic amines is 1. The highest BCUT2D eigenvalue weighted by molar-refractivity contribution is 5.94.